The molecule has 0 unspecified atom stereocenters. The molecule has 1 N–H and O–H groups in total. The van der Waals surface area contributed by atoms with Crippen molar-refractivity contribution < 1.29 is 18.0 Å². The number of rotatable bonds is 5. The SMILES string of the molecule is Cc1c(Cl)cccc1N1C(=O)CN(S(=O)(=O)c2ccccc2)C[C@@]1(C)C(=O)NC1CCCC1. The minimum absolute atomic E-state index is 0.0212. The first-order chi connectivity index (χ1) is 15.6. The molecular formula is C24H28ClN3O4S. The summed E-state index contributed by atoms with van der Waals surface area (Å²) in [6.07, 6.45) is 3.81. The van der Waals surface area contributed by atoms with Gasteiger partial charge in [-0.3, -0.25) is 14.5 Å². The minimum Gasteiger partial charge on any atom is -0.351 e. The fraction of sp³-hybridized carbons (Fsp3) is 0.417. The number of carbonyl (C=O) groups excluding carboxylic acids is 2. The fourth-order valence-corrected chi connectivity index (χ4v) is 6.37. The quantitative estimate of drug-likeness (QED) is 0.696. The monoisotopic (exact) mass is 489 g/mol. The van der Waals surface area contributed by atoms with Crippen LogP contribution in [0.3, 0.4) is 0 Å². The van der Waals surface area contributed by atoms with E-state index < -0.39 is 21.5 Å². The van der Waals surface area contributed by atoms with Gasteiger partial charge in [0.15, 0.2) is 0 Å². The van der Waals surface area contributed by atoms with E-state index in [9.17, 15) is 18.0 Å². The summed E-state index contributed by atoms with van der Waals surface area (Å²) in [7, 11) is -3.97. The van der Waals surface area contributed by atoms with Gasteiger partial charge in [-0.15, -0.1) is 0 Å². The van der Waals surface area contributed by atoms with Gasteiger partial charge in [-0.1, -0.05) is 48.7 Å². The molecule has 2 aromatic carbocycles. The Morgan fingerprint density at radius 2 is 1.76 bits per heavy atom. The Morgan fingerprint density at radius 1 is 1.09 bits per heavy atom. The molecule has 1 saturated carbocycles. The molecule has 4 rings (SSSR count). The molecule has 0 aromatic heterocycles. The van der Waals surface area contributed by atoms with Crippen LogP contribution in [0.15, 0.2) is 53.4 Å². The fourth-order valence-electron chi connectivity index (χ4n) is 4.70. The lowest BCUT2D eigenvalue weighted by molar-refractivity contribution is -0.133. The molecule has 2 aromatic rings. The van der Waals surface area contributed by atoms with Gasteiger partial charge in [-0.05, 0) is 56.5 Å². The highest BCUT2D eigenvalue weighted by atomic mass is 35.5. The first-order valence-electron chi connectivity index (χ1n) is 11.1. The zero-order valence-corrected chi connectivity index (χ0v) is 20.3. The van der Waals surface area contributed by atoms with E-state index in [2.05, 4.69) is 5.32 Å². The summed E-state index contributed by atoms with van der Waals surface area (Å²) in [6, 6.07) is 13.2. The summed E-state index contributed by atoms with van der Waals surface area (Å²) in [6.45, 7) is 2.88. The zero-order valence-electron chi connectivity index (χ0n) is 18.8. The standard InChI is InChI=1S/C24H28ClN3O4S/c1-17-20(25)13-8-14-21(17)28-22(29)15-27(33(31,32)19-11-4-3-5-12-19)16-24(28,2)23(30)26-18-9-6-7-10-18/h3-5,8,11-14,18H,6-7,9-10,15-16H2,1-2H3,(H,26,30)/t24-/m0/s1. The van der Waals surface area contributed by atoms with E-state index in [1.54, 1.807) is 50.2 Å². The molecular weight excluding hydrogens is 462 g/mol. The van der Waals surface area contributed by atoms with Crippen molar-refractivity contribution in [1.29, 1.82) is 0 Å². The number of nitrogens with zero attached hydrogens (tertiary/aromatic N) is 2. The third-order valence-electron chi connectivity index (χ3n) is 6.58. The van der Waals surface area contributed by atoms with E-state index in [1.807, 2.05) is 0 Å². The maximum atomic E-state index is 13.7. The number of amides is 2. The lowest BCUT2D eigenvalue weighted by atomic mass is 9.93. The molecule has 9 heteroatoms. The molecule has 7 nitrogen and oxygen atoms in total. The second-order valence-electron chi connectivity index (χ2n) is 8.93. The number of sulfonamides is 1. The second kappa shape index (κ2) is 9.08. The van der Waals surface area contributed by atoms with Crippen molar-refractivity contribution in [1.82, 2.24) is 9.62 Å². The van der Waals surface area contributed by atoms with E-state index in [0.29, 0.717) is 16.3 Å². The van der Waals surface area contributed by atoms with Crippen molar-refractivity contribution in [3.8, 4) is 0 Å². The number of benzene rings is 2. The molecule has 1 aliphatic heterocycles. The summed E-state index contributed by atoms with van der Waals surface area (Å²) in [5.41, 5.74) is -0.282. The highest BCUT2D eigenvalue weighted by Crippen LogP contribution is 2.36. The van der Waals surface area contributed by atoms with Crippen LogP contribution in [0.25, 0.3) is 0 Å². The molecule has 33 heavy (non-hydrogen) atoms. The molecule has 0 bridgehead atoms. The number of hydrogen-bond acceptors (Lipinski definition) is 4. The Morgan fingerprint density at radius 3 is 2.42 bits per heavy atom. The van der Waals surface area contributed by atoms with Gasteiger partial charge in [-0.2, -0.15) is 4.31 Å². The van der Waals surface area contributed by atoms with Crippen LogP contribution in [0.5, 0.6) is 0 Å². The van der Waals surface area contributed by atoms with Gasteiger partial charge in [0.25, 0.3) is 0 Å². The molecule has 0 spiro atoms. The predicted octanol–water partition coefficient (Wildman–Crippen LogP) is 3.50. The van der Waals surface area contributed by atoms with Crippen LogP contribution in [0.4, 0.5) is 5.69 Å². The van der Waals surface area contributed by atoms with Gasteiger partial charge < -0.3 is 5.32 Å². The van der Waals surface area contributed by atoms with Crippen LogP contribution in [0.1, 0.15) is 38.2 Å². The largest absolute Gasteiger partial charge is 0.351 e. The first-order valence-corrected chi connectivity index (χ1v) is 12.9. The molecule has 2 fully saturated rings. The Bertz CT molecular complexity index is 1170. The Hall–Kier alpha value is -2.42. The summed E-state index contributed by atoms with van der Waals surface area (Å²) in [5, 5.41) is 3.54. The number of piperazine rings is 1. The lowest BCUT2D eigenvalue weighted by Gasteiger charge is -2.47. The van der Waals surface area contributed by atoms with E-state index in [1.165, 1.54) is 17.0 Å². The van der Waals surface area contributed by atoms with E-state index in [4.69, 9.17) is 11.6 Å². The molecule has 2 aliphatic rings. The van der Waals surface area contributed by atoms with Crippen molar-refractivity contribution >= 4 is 39.1 Å². The molecule has 1 aliphatic carbocycles. The van der Waals surface area contributed by atoms with Crippen molar-refractivity contribution in [3.63, 3.8) is 0 Å². The smallest absolute Gasteiger partial charge is 0.247 e. The second-order valence-corrected chi connectivity index (χ2v) is 11.3. The summed E-state index contributed by atoms with van der Waals surface area (Å²) in [4.78, 5) is 28.7. The number of halogens is 1. The van der Waals surface area contributed by atoms with Crippen LogP contribution in [-0.2, 0) is 19.6 Å². The number of hydrogen-bond donors (Lipinski definition) is 1. The van der Waals surface area contributed by atoms with Gasteiger partial charge in [0.2, 0.25) is 21.8 Å². The maximum absolute atomic E-state index is 13.7. The van der Waals surface area contributed by atoms with Crippen LogP contribution >= 0.6 is 11.6 Å². The predicted molar refractivity (Wildman–Crippen MR) is 128 cm³/mol. The number of carbonyl (C=O) groups is 2. The molecule has 1 atom stereocenters. The molecule has 1 saturated heterocycles. The van der Waals surface area contributed by atoms with Crippen LogP contribution in [0.2, 0.25) is 5.02 Å². The molecule has 176 valence electrons. The topological polar surface area (TPSA) is 86.8 Å². The van der Waals surface area contributed by atoms with Crippen LogP contribution in [0, 0.1) is 6.92 Å². The van der Waals surface area contributed by atoms with Crippen LogP contribution < -0.4 is 10.2 Å². The molecule has 1 heterocycles. The van der Waals surface area contributed by atoms with Gasteiger partial charge in [0.1, 0.15) is 5.54 Å². The van der Waals surface area contributed by atoms with E-state index in [0.717, 1.165) is 30.0 Å². The van der Waals surface area contributed by atoms with Crippen molar-refractivity contribution in [2.45, 2.75) is 56.0 Å². The van der Waals surface area contributed by atoms with Crippen LogP contribution in [-0.4, -0.2) is 49.2 Å². The average Bonchev–Trinajstić information content (AvgIpc) is 3.30. The van der Waals surface area contributed by atoms with Gasteiger partial charge in [-0.25, -0.2) is 8.42 Å². The number of nitrogens with one attached hydrogen (secondary N) is 1. The van der Waals surface area contributed by atoms with Crippen molar-refractivity contribution in [3.05, 3.63) is 59.1 Å². The normalized spacial score (nSPS) is 22.5. The minimum atomic E-state index is -3.97. The lowest BCUT2D eigenvalue weighted by Crippen LogP contribution is -2.70. The average molecular weight is 490 g/mol. The molecule has 0 radical (unpaired) electrons. The summed E-state index contributed by atoms with van der Waals surface area (Å²) in [5.74, 6) is -0.842. The first kappa shape index (κ1) is 23.7. The van der Waals surface area contributed by atoms with Crippen molar-refractivity contribution in [2.24, 2.45) is 0 Å². The highest BCUT2D eigenvalue weighted by molar-refractivity contribution is 7.89. The number of anilines is 1. The van der Waals surface area contributed by atoms with Gasteiger partial charge in [0.05, 0.1) is 11.4 Å². The van der Waals surface area contributed by atoms with E-state index in [-0.39, 0.29) is 29.9 Å². The summed E-state index contributed by atoms with van der Waals surface area (Å²) >= 11 is 6.33. The van der Waals surface area contributed by atoms with E-state index >= 15 is 0 Å². The van der Waals surface area contributed by atoms with Gasteiger partial charge in [0, 0.05) is 23.3 Å². The highest BCUT2D eigenvalue weighted by Gasteiger charge is 2.51. The Kier molecular flexibility index (Phi) is 6.53. The Balaban J connectivity index is 1.77. The zero-order chi connectivity index (χ0) is 23.8. The van der Waals surface area contributed by atoms with Crippen molar-refractivity contribution in [2.75, 3.05) is 18.0 Å². The third kappa shape index (κ3) is 4.39. The third-order valence-corrected chi connectivity index (χ3v) is 8.79. The van der Waals surface area contributed by atoms with Gasteiger partial charge >= 0.3 is 0 Å². The summed E-state index contributed by atoms with van der Waals surface area (Å²) < 4.78 is 27.8. The Labute approximate surface area is 199 Å². The molecule has 2 amide bonds. The maximum Gasteiger partial charge on any atom is 0.247 e.